The molecule has 0 spiro atoms. The number of carbonyl (C=O) groups excluding carboxylic acids is 1. The lowest BCUT2D eigenvalue weighted by Crippen LogP contribution is -2.38. The molecule has 11 heteroatoms. The highest BCUT2D eigenvalue weighted by Gasteiger charge is 2.33. The molecule has 3 aromatic rings. The van der Waals surface area contributed by atoms with Gasteiger partial charge in [0.2, 0.25) is 0 Å². The Bertz CT molecular complexity index is 1480. The van der Waals surface area contributed by atoms with Gasteiger partial charge in [0.1, 0.15) is 17.4 Å². The van der Waals surface area contributed by atoms with Crippen LogP contribution in [0.2, 0.25) is 0 Å². The van der Waals surface area contributed by atoms with Crippen LogP contribution in [-0.2, 0) is 10.0 Å². The van der Waals surface area contributed by atoms with Crippen LogP contribution in [-0.4, -0.2) is 42.5 Å². The van der Waals surface area contributed by atoms with Gasteiger partial charge in [-0.3, -0.25) is 9.59 Å². The van der Waals surface area contributed by atoms with Crippen LogP contribution in [0.3, 0.4) is 0 Å². The lowest BCUT2D eigenvalue weighted by molar-refractivity contribution is 0.0981. The molecule has 1 amide bonds. The van der Waals surface area contributed by atoms with Crippen LogP contribution in [0.25, 0.3) is 11.3 Å². The molecule has 4 rings (SSSR count). The summed E-state index contributed by atoms with van der Waals surface area (Å²) in [6.45, 7) is 7.66. The quantitative estimate of drug-likeness (QED) is 0.478. The summed E-state index contributed by atoms with van der Waals surface area (Å²) >= 11 is 0. The summed E-state index contributed by atoms with van der Waals surface area (Å²) in [5, 5.41) is 0. The average Bonchev–Trinajstić information content (AvgIpc) is 3.15. The number of ether oxygens (including phenoxy) is 1. The first kappa shape index (κ1) is 26.3. The Labute approximate surface area is 214 Å². The smallest absolute Gasteiger partial charge is 0.269 e. The van der Waals surface area contributed by atoms with Crippen molar-refractivity contribution in [3.8, 4) is 17.0 Å². The molecule has 0 bridgehead atoms. The van der Waals surface area contributed by atoms with Crippen molar-refractivity contribution in [3.63, 3.8) is 0 Å². The van der Waals surface area contributed by atoms with Gasteiger partial charge in [-0.2, -0.15) is 0 Å². The summed E-state index contributed by atoms with van der Waals surface area (Å²) in [5.74, 6) is -0.801. The SMILES string of the molecule is CC(C)Oc1cc(F)cc(-c2ccc(C(=O)NS(=O)(=O)c3ccc[nH]c3=O)c(N3[C@H](C)CC[C@@H]3C)n2)c1. The monoisotopic (exact) mass is 528 g/mol. The van der Waals surface area contributed by atoms with Crippen molar-refractivity contribution < 1.29 is 22.3 Å². The molecule has 196 valence electrons. The maximum atomic E-state index is 14.4. The molecular formula is C26H29FN4O5S. The Balaban J connectivity index is 1.78. The predicted octanol–water partition coefficient (Wildman–Crippen LogP) is 3.86. The molecule has 0 aliphatic carbocycles. The van der Waals surface area contributed by atoms with E-state index in [2.05, 4.69) is 4.98 Å². The van der Waals surface area contributed by atoms with E-state index in [-0.39, 0.29) is 29.6 Å². The third-order valence-corrected chi connectivity index (χ3v) is 7.51. The summed E-state index contributed by atoms with van der Waals surface area (Å²) in [6.07, 6.45) is 2.86. The number of carbonyl (C=O) groups is 1. The van der Waals surface area contributed by atoms with Gasteiger partial charge in [-0.1, -0.05) is 0 Å². The van der Waals surface area contributed by atoms with E-state index in [1.807, 2.05) is 37.3 Å². The fourth-order valence-corrected chi connectivity index (χ4v) is 5.52. The number of anilines is 1. The first-order chi connectivity index (χ1) is 17.5. The van der Waals surface area contributed by atoms with Crippen molar-refractivity contribution in [3.05, 3.63) is 70.4 Å². The van der Waals surface area contributed by atoms with Gasteiger partial charge >= 0.3 is 0 Å². The van der Waals surface area contributed by atoms with Gasteiger partial charge < -0.3 is 14.6 Å². The molecule has 3 heterocycles. The van der Waals surface area contributed by atoms with Crippen LogP contribution < -0.4 is 19.9 Å². The van der Waals surface area contributed by atoms with Gasteiger partial charge in [-0.05, 0) is 76.9 Å². The van der Waals surface area contributed by atoms with E-state index in [1.54, 1.807) is 6.07 Å². The number of aromatic amines is 1. The van der Waals surface area contributed by atoms with Crippen LogP contribution in [0.15, 0.2) is 58.4 Å². The second-order valence-electron chi connectivity index (χ2n) is 9.39. The number of amides is 1. The van der Waals surface area contributed by atoms with E-state index >= 15 is 0 Å². The number of hydrogen-bond acceptors (Lipinski definition) is 7. The van der Waals surface area contributed by atoms with Crippen molar-refractivity contribution >= 4 is 21.7 Å². The van der Waals surface area contributed by atoms with Crippen LogP contribution >= 0.6 is 0 Å². The summed E-state index contributed by atoms with van der Waals surface area (Å²) in [5.41, 5.74) is 0.0271. The van der Waals surface area contributed by atoms with Crippen molar-refractivity contribution in [2.45, 2.75) is 63.6 Å². The number of hydrogen-bond donors (Lipinski definition) is 2. The lowest BCUT2D eigenvalue weighted by atomic mass is 10.1. The van der Waals surface area contributed by atoms with Crippen molar-refractivity contribution in [1.29, 1.82) is 0 Å². The van der Waals surface area contributed by atoms with Gasteiger partial charge in [-0.15, -0.1) is 0 Å². The summed E-state index contributed by atoms with van der Waals surface area (Å²) < 4.78 is 47.7. The van der Waals surface area contributed by atoms with Crippen LogP contribution in [0.5, 0.6) is 5.75 Å². The third kappa shape index (κ3) is 5.66. The standard InChI is InChI=1S/C26H29FN4O5S/c1-15(2)36-20-13-18(12-19(27)14-20)22-10-9-21(24(29-22)31-16(3)7-8-17(31)4)25(32)30-37(34,35)23-6-5-11-28-26(23)33/h5-6,9-17H,7-8H2,1-4H3,(H,28,33)(H,30,32)/t16-,17+. The van der Waals surface area contributed by atoms with Crippen LogP contribution in [0.1, 0.15) is 50.9 Å². The molecule has 2 N–H and O–H groups in total. The number of H-pyrrole nitrogens is 1. The second kappa shape index (κ2) is 10.3. The molecule has 37 heavy (non-hydrogen) atoms. The lowest BCUT2D eigenvalue weighted by Gasteiger charge is -2.29. The summed E-state index contributed by atoms with van der Waals surface area (Å²) in [6, 6.07) is 9.79. The minimum Gasteiger partial charge on any atom is -0.491 e. The molecule has 0 saturated carbocycles. The van der Waals surface area contributed by atoms with E-state index < -0.39 is 32.2 Å². The zero-order valence-electron chi connectivity index (χ0n) is 21.0. The number of aromatic nitrogens is 2. The van der Waals surface area contributed by atoms with Crippen LogP contribution in [0.4, 0.5) is 10.2 Å². The predicted molar refractivity (Wildman–Crippen MR) is 138 cm³/mol. The second-order valence-corrected chi connectivity index (χ2v) is 11.0. The first-order valence-corrected chi connectivity index (χ1v) is 13.5. The van der Waals surface area contributed by atoms with Crippen molar-refractivity contribution in [2.75, 3.05) is 4.90 Å². The van der Waals surface area contributed by atoms with Crippen molar-refractivity contribution in [1.82, 2.24) is 14.7 Å². The first-order valence-electron chi connectivity index (χ1n) is 12.0. The zero-order chi connectivity index (χ0) is 26.9. The van der Waals surface area contributed by atoms with E-state index in [0.29, 0.717) is 17.0 Å². The number of rotatable bonds is 7. The van der Waals surface area contributed by atoms with E-state index in [9.17, 15) is 22.4 Å². The molecule has 9 nitrogen and oxygen atoms in total. The summed E-state index contributed by atoms with van der Waals surface area (Å²) in [4.78, 5) is 33.7. The molecule has 1 aliphatic rings. The minimum absolute atomic E-state index is 0.0235. The Morgan fingerprint density at radius 2 is 1.86 bits per heavy atom. The van der Waals surface area contributed by atoms with Gasteiger partial charge in [0.05, 0.1) is 17.4 Å². The number of halogens is 1. The molecule has 2 aromatic heterocycles. The number of sulfonamides is 1. The van der Waals surface area contributed by atoms with Gasteiger partial charge in [0.25, 0.3) is 21.5 Å². The highest BCUT2D eigenvalue weighted by Crippen LogP contribution is 2.34. The topological polar surface area (TPSA) is 121 Å². The maximum absolute atomic E-state index is 14.4. The highest BCUT2D eigenvalue weighted by atomic mass is 32.2. The molecular weight excluding hydrogens is 499 g/mol. The fraction of sp³-hybridized carbons (Fsp3) is 0.346. The minimum atomic E-state index is -4.45. The maximum Gasteiger partial charge on any atom is 0.269 e. The normalized spacial score (nSPS) is 17.7. The number of pyridine rings is 2. The molecule has 0 radical (unpaired) electrons. The Morgan fingerprint density at radius 3 is 2.51 bits per heavy atom. The van der Waals surface area contributed by atoms with E-state index in [1.165, 1.54) is 36.5 Å². The van der Waals surface area contributed by atoms with E-state index in [4.69, 9.17) is 9.72 Å². The molecule has 1 aromatic carbocycles. The Hall–Kier alpha value is -3.73. The third-order valence-electron chi connectivity index (χ3n) is 6.15. The van der Waals surface area contributed by atoms with Crippen molar-refractivity contribution in [2.24, 2.45) is 0 Å². The summed E-state index contributed by atoms with van der Waals surface area (Å²) in [7, 11) is -4.45. The van der Waals surface area contributed by atoms with Gasteiger partial charge in [0, 0.05) is 29.9 Å². The van der Waals surface area contributed by atoms with Gasteiger partial charge in [-0.25, -0.2) is 22.5 Å². The zero-order valence-corrected chi connectivity index (χ0v) is 21.8. The average molecular weight is 529 g/mol. The molecule has 1 fully saturated rings. The Kier molecular flexibility index (Phi) is 7.35. The largest absolute Gasteiger partial charge is 0.491 e. The number of nitrogens with zero attached hydrogens (tertiary/aromatic N) is 2. The number of nitrogens with one attached hydrogen (secondary N) is 2. The Morgan fingerprint density at radius 1 is 1.16 bits per heavy atom. The highest BCUT2D eigenvalue weighted by molar-refractivity contribution is 7.90. The molecule has 2 atom stereocenters. The van der Waals surface area contributed by atoms with E-state index in [0.717, 1.165) is 18.9 Å². The van der Waals surface area contributed by atoms with Gasteiger partial charge in [0.15, 0.2) is 4.90 Å². The molecule has 1 saturated heterocycles. The molecule has 0 unspecified atom stereocenters. The number of benzene rings is 1. The fourth-order valence-electron chi connectivity index (χ4n) is 4.50. The molecule has 1 aliphatic heterocycles. The van der Waals surface area contributed by atoms with Crippen LogP contribution in [0, 0.1) is 5.82 Å².